The number of urea groups is 1. The van der Waals surface area contributed by atoms with Crippen molar-refractivity contribution in [3.05, 3.63) is 53.6 Å². The van der Waals surface area contributed by atoms with E-state index in [4.69, 9.17) is 4.74 Å². The molecule has 1 saturated carbocycles. The van der Waals surface area contributed by atoms with Gasteiger partial charge in [0.05, 0.1) is 24.6 Å². The molecule has 0 spiro atoms. The molecule has 1 fully saturated rings. The molecule has 3 unspecified atom stereocenters. The summed E-state index contributed by atoms with van der Waals surface area (Å²) >= 11 is 0. The van der Waals surface area contributed by atoms with Gasteiger partial charge in [-0.15, -0.1) is 0 Å². The van der Waals surface area contributed by atoms with E-state index in [0.29, 0.717) is 12.6 Å². The zero-order chi connectivity index (χ0) is 22.7. The van der Waals surface area contributed by atoms with Crippen LogP contribution in [0.5, 0.6) is 5.75 Å². The predicted molar refractivity (Wildman–Crippen MR) is 127 cm³/mol. The Morgan fingerprint density at radius 1 is 1.22 bits per heavy atom. The summed E-state index contributed by atoms with van der Waals surface area (Å²) in [6.07, 6.45) is 4.39. The van der Waals surface area contributed by atoms with Gasteiger partial charge >= 0.3 is 6.03 Å². The van der Waals surface area contributed by atoms with E-state index in [2.05, 4.69) is 33.7 Å². The van der Waals surface area contributed by atoms with Crippen molar-refractivity contribution in [1.82, 2.24) is 5.32 Å². The molecule has 0 radical (unpaired) electrons. The Labute approximate surface area is 190 Å². The first-order valence-corrected chi connectivity index (χ1v) is 11.7. The van der Waals surface area contributed by atoms with Crippen molar-refractivity contribution in [3.63, 3.8) is 0 Å². The highest BCUT2D eigenvalue weighted by Crippen LogP contribution is 2.53. The number of fused-ring (bicyclic) bond motifs is 1. The third-order valence-corrected chi connectivity index (χ3v) is 6.65. The minimum atomic E-state index is -0.242. The lowest BCUT2D eigenvalue weighted by atomic mass is 9.87. The van der Waals surface area contributed by atoms with Crippen molar-refractivity contribution in [2.24, 2.45) is 0 Å². The van der Waals surface area contributed by atoms with Gasteiger partial charge in [0, 0.05) is 29.5 Å². The van der Waals surface area contributed by atoms with Crippen LogP contribution in [0.25, 0.3) is 0 Å². The Morgan fingerprint density at radius 3 is 2.56 bits per heavy atom. The number of nitrogens with zero attached hydrogens (tertiary/aromatic N) is 2. The summed E-state index contributed by atoms with van der Waals surface area (Å²) in [6, 6.07) is 16.9. The number of anilines is 2. The highest BCUT2D eigenvalue weighted by atomic mass is 16.5. The molecule has 2 aliphatic rings. The van der Waals surface area contributed by atoms with Gasteiger partial charge in [-0.2, -0.15) is 5.26 Å². The molecule has 3 atom stereocenters. The molecule has 1 aliphatic carbocycles. The second-order valence-electron chi connectivity index (χ2n) is 8.73. The maximum Gasteiger partial charge on any atom is 0.319 e. The highest BCUT2D eigenvalue weighted by Gasteiger charge is 2.44. The number of hydrogen-bond acceptors (Lipinski definition) is 4. The average Bonchev–Trinajstić information content (AvgIpc) is 3.06. The minimum absolute atomic E-state index is 0.0415. The molecule has 1 heterocycles. The molecular weight excluding hydrogens is 400 g/mol. The SMILES string of the molecule is CCOc1ccc2c(c1)N(C1CCC1)C(c1ccc(NC(=O)NC(C)CC)cc1)C2C#N. The quantitative estimate of drug-likeness (QED) is 0.586. The lowest BCUT2D eigenvalue weighted by Gasteiger charge is -2.41. The molecule has 2 amide bonds. The summed E-state index contributed by atoms with van der Waals surface area (Å²) in [5, 5.41) is 15.9. The first-order valence-electron chi connectivity index (χ1n) is 11.7. The fourth-order valence-electron chi connectivity index (χ4n) is 4.59. The van der Waals surface area contributed by atoms with E-state index >= 15 is 0 Å². The van der Waals surface area contributed by atoms with Crippen molar-refractivity contribution in [2.45, 2.75) is 70.5 Å². The molecule has 6 nitrogen and oxygen atoms in total. The molecule has 168 valence electrons. The summed E-state index contributed by atoms with van der Waals surface area (Å²) in [5.41, 5.74) is 4.02. The van der Waals surface area contributed by atoms with Crippen molar-refractivity contribution in [3.8, 4) is 11.8 Å². The second kappa shape index (κ2) is 9.52. The van der Waals surface area contributed by atoms with E-state index in [1.807, 2.05) is 51.1 Å². The van der Waals surface area contributed by atoms with Crippen LogP contribution in [-0.2, 0) is 0 Å². The molecule has 2 N–H and O–H groups in total. The third-order valence-electron chi connectivity index (χ3n) is 6.65. The van der Waals surface area contributed by atoms with Crippen LogP contribution in [0.2, 0.25) is 0 Å². The standard InChI is InChI=1S/C26H32N4O2/c1-4-17(3)28-26(31)29-19-11-9-18(10-12-19)25-23(16-27)22-14-13-21(32-5-2)15-24(22)30(25)20-7-6-8-20/h9-15,17,20,23,25H,4-8H2,1-3H3,(H2,28,29,31). The van der Waals surface area contributed by atoms with Crippen LogP contribution in [0, 0.1) is 11.3 Å². The lowest BCUT2D eigenvalue weighted by Crippen LogP contribution is -2.41. The summed E-state index contributed by atoms with van der Waals surface area (Å²) in [4.78, 5) is 14.6. The molecule has 2 aromatic rings. The van der Waals surface area contributed by atoms with Crippen LogP contribution >= 0.6 is 0 Å². The van der Waals surface area contributed by atoms with Gasteiger partial charge < -0.3 is 20.3 Å². The van der Waals surface area contributed by atoms with Crippen LogP contribution in [0.1, 0.15) is 69.5 Å². The number of nitriles is 1. The summed E-state index contributed by atoms with van der Waals surface area (Å²) in [6.45, 7) is 6.62. The summed E-state index contributed by atoms with van der Waals surface area (Å²) < 4.78 is 5.75. The molecular formula is C26H32N4O2. The first-order chi connectivity index (χ1) is 15.5. The van der Waals surface area contributed by atoms with Gasteiger partial charge in [-0.25, -0.2) is 4.79 Å². The van der Waals surface area contributed by atoms with Crippen molar-refractivity contribution in [2.75, 3.05) is 16.8 Å². The zero-order valence-corrected chi connectivity index (χ0v) is 19.1. The van der Waals surface area contributed by atoms with Crippen LogP contribution in [0.15, 0.2) is 42.5 Å². The highest BCUT2D eigenvalue weighted by molar-refractivity contribution is 5.89. The smallest absolute Gasteiger partial charge is 0.319 e. The maximum absolute atomic E-state index is 12.2. The summed E-state index contributed by atoms with van der Waals surface area (Å²) in [5.74, 6) is 0.605. The topological polar surface area (TPSA) is 77.4 Å². The van der Waals surface area contributed by atoms with E-state index in [1.54, 1.807) is 0 Å². The number of amides is 2. The van der Waals surface area contributed by atoms with Gasteiger partial charge in [0.1, 0.15) is 5.75 Å². The van der Waals surface area contributed by atoms with Crippen LogP contribution in [0.4, 0.5) is 16.2 Å². The van der Waals surface area contributed by atoms with Crippen LogP contribution in [-0.4, -0.2) is 24.7 Å². The van der Waals surface area contributed by atoms with Gasteiger partial charge in [0.25, 0.3) is 0 Å². The molecule has 32 heavy (non-hydrogen) atoms. The number of hydrogen-bond donors (Lipinski definition) is 2. The number of ether oxygens (including phenoxy) is 1. The number of nitrogens with one attached hydrogen (secondary N) is 2. The Kier molecular flexibility index (Phi) is 6.55. The van der Waals surface area contributed by atoms with E-state index in [1.165, 1.54) is 6.42 Å². The van der Waals surface area contributed by atoms with Gasteiger partial charge in [-0.3, -0.25) is 0 Å². The largest absolute Gasteiger partial charge is 0.494 e. The minimum Gasteiger partial charge on any atom is -0.494 e. The average molecular weight is 433 g/mol. The normalized spacial score (nSPS) is 20.6. The predicted octanol–water partition coefficient (Wildman–Crippen LogP) is 5.73. The van der Waals surface area contributed by atoms with E-state index in [-0.39, 0.29) is 24.0 Å². The van der Waals surface area contributed by atoms with Crippen molar-refractivity contribution < 1.29 is 9.53 Å². The van der Waals surface area contributed by atoms with Crippen molar-refractivity contribution >= 4 is 17.4 Å². The Morgan fingerprint density at radius 2 is 1.97 bits per heavy atom. The molecule has 2 aromatic carbocycles. The first kappa shape index (κ1) is 22.0. The molecule has 0 saturated heterocycles. The zero-order valence-electron chi connectivity index (χ0n) is 19.1. The van der Waals surface area contributed by atoms with Gasteiger partial charge in [-0.1, -0.05) is 25.1 Å². The Hall–Kier alpha value is -3.20. The molecule has 0 bridgehead atoms. The fraction of sp³-hybridized carbons (Fsp3) is 0.462. The summed E-state index contributed by atoms with van der Waals surface area (Å²) in [7, 11) is 0. The molecule has 0 aromatic heterocycles. The Bertz CT molecular complexity index is 994. The Balaban J connectivity index is 1.61. The van der Waals surface area contributed by atoms with Gasteiger partial charge in [0.2, 0.25) is 0 Å². The van der Waals surface area contributed by atoms with Crippen molar-refractivity contribution in [1.29, 1.82) is 5.26 Å². The number of rotatable bonds is 7. The van der Waals surface area contributed by atoms with E-state index in [0.717, 1.165) is 47.5 Å². The van der Waals surface area contributed by atoms with Gasteiger partial charge in [0.15, 0.2) is 0 Å². The second-order valence-corrected chi connectivity index (χ2v) is 8.73. The van der Waals surface area contributed by atoms with Crippen LogP contribution in [0.3, 0.4) is 0 Å². The van der Waals surface area contributed by atoms with Crippen LogP contribution < -0.4 is 20.3 Å². The monoisotopic (exact) mass is 432 g/mol. The lowest BCUT2D eigenvalue weighted by molar-refractivity contribution is 0.249. The van der Waals surface area contributed by atoms with Gasteiger partial charge in [-0.05, 0) is 68.9 Å². The molecule has 1 aliphatic heterocycles. The number of carbonyl (C=O) groups is 1. The maximum atomic E-state index is 12.2. The van der Waals surface area contributed by atoms with E-state index in [9.17, 15) is 10.1 Å². The molecule has 6 heteroatoms. The fourth-order valence-corrected chi connectivity index (χ4v) is 4.59. The third kappa shape index (κ3) is 4.25. The number of carbonyl (C=O) groups excluding carboxylic acids is 1. The number of benzene rings is 2. The molecule has 4 rings (SSSR count). The van der Waals surface area contributed by atoms with E-state index < -0.39 is 0 Å².